The standard InChI is InChI=1S/C19H25N5OS/c1-2-16(25-15-10-6-5-7-11-15)18-22-24-17(20-21-19(24)26-18)14-23-12-8-3-4-9-13-23/h5-7,10-11,16H,2-4,8-9,12-14H2,1H3. The first-order chi connectivity index (χ1) is 12.8. The van der Waals surface area contributed by atoms with Crippen LogP contribution in [0.1, 0.15) is 56.0 Å². The molecule has 2 aromatic heterocycles. The molecule has 1 unspecified atom stereocenters. The molecule has 138 valence electrons. The Bertz CT molecular complexity index is 823. The van der Waals surface area contributed by atoms with Gasteiger partial charge in [0.25, 0.3) is 0 Å². The number of para-hydroxylation sites is 1. The van der Waals surface area contributed by atoms with E-state index in [4.69, 9.17) is 9.84 Å². The van der Waals surface area contributed by atoms with Gasteiger partial charge in [0, 0.05) is 0 Å². The van der Waals surface area contributed by atoms with Crippen molar-refractivity contribution in [1.29, 1.82) is 0 Å². The fourth-order valence-corrected chi connectivity index (χ4v) is 4.34. The van der Waals surface area contributed by atoms with Crippen molar-refractivity contribution in [3.8, 4) is 5.75 Å². The van der Waals surface area contributed by atoms with Crippen LogP contribution in [0.5, 0.6) is 5.75 Å². The molecule has 3 aromatic rings. The summed E-state index contributed by atoms with van der Waals surface area (Å²) in [5.41, 5.74) is 0. The molecule has 6 nitrogen and oxygen atoms in total. The van der Waals surface area contributed by atoms with Crippen LogP contribution in [0.2, 0.25) is 0 Å². The lowest BCUT2D eigenvalue weighted by atomic mass is 10.2. The highest BCUT2D eigenvalue weighted by atomic mass is 32.1. The summed E-state index contributed by atoms with van der Waals surface area (Å²) in [6, 6.07) is 9.92. The van der Waals surface area contributed by atoms with Crippen LogP contribution in [-0.2, 0) is 6.54 Å². The third-order valence-electron chi connectivity index (χ3n) is 4.80. The van der Waals surface area contributed by atoms with Crippen molar-refractivity contribution >= 4 is 16.3 Å². The van der Waals surface area contributed by atoms with Crippen molar-refractivity contribution in [2.24, 2.45) is 0 Å². The fourth-order valence-electron chi connectivity index (χ4n) is 3.37. The maximum Gasteiger partial charge on any atom is 0.234 e. The Morgan fingerprint density at radius 3 is 2.58 bits per heavy atom. The van der Waals surface area contributed by atoms with Gasteiger partial charge in [-0.05, 0) is 44.5 Å². The molecule has 1 aliphatic rings. The number of hydrogen-bond acceptors (Lipinski definition) is 6. The Labute approximate surface area is 157 Å². The Hall–Kier alpha value is -1.99. The molecule has 0 bridgehead atoms. The van der Waals surface area contributed by atoms with Gasteiger partial charge in [0.1, 0.15) is 5.75 Å². The van der Waals surface area contributed by atoms with Crippen LogP contribution in [-0.4, -0.2) is 37.8 Å². The summed E-state index contributed by atoms with van der Waals surface area (Å²) in [6.45, 7) is 5.22. The number of fused-ring (bicyclic) bond motifs is 1. The van der Waals surface area contributed by atoms with Gasteiger partial charge in [0.05, 0.1) is 6.54 Å². The van der Waals surface area contributed by atoms with Gasteiger partial charge in [0.2, 0.25) is 4.96 Å². The Morgan fingerprint density at radius 1 is 1.08 bits per heavy atom. The van der Waals surface area contributed by atoms with Gasteiger partial charge in [-0.1, -0.05) is 49.3 Å². The van der Waals surface area contributed by atoms with E-state index in [1.54, 1.807) is 11.3 Å². The summed E-state index contributed by atoms with van der Waals surface area (Å²) in [6.07, 6.45) is 6.01. The molecular weight excluding hydrogens is 346 g/mol. The summed E-state index contributed by atoms with van der Waals surface area (Å²) in [4.78, 5) is 3.32. The predicted molar refractivity (Wildman–Crippen MR) is 103 cm³/mol. The third kappa shape index (κ3) is 3.88. The second-order valence-electron chi connectivity index (χ2n) is 6.77. The molecule has 0 spiro atoms. The normalized spacial score (nSPS) is 17.3. The lowest BCUT2D eigenvalue weighted by Gasteiger charge is -2.17. The van der Waals surface area contributed by atoms with Crippen LogP contribution in [0.15, 0.2) is 30.3 Å². The van der Waals surface area contributed by atoms with Crippen LogP contribution in [0.25, 0.3) is 4.96 Å². The van der Waals surface area contributed by atoms with E-state index in [1.165, 1.54) is 25.7 Å². The zero-order valence-corrected chi connectivity index (χ0v) is 16.0. The van der Waals surface area contributed by atoms with Crippen LogP contribution >= 0.6 is 11.3 Å². The molecule has 0 amide bonds. The molecule has 1 aliphatic heterocycles. The maximum atomic E-state index is 6.13. The minimum absolute atomic E-state index is 0.0601. The lowest BCUT2D eigenvalue weighted by molar-refractivity contribution is 0.199. The van der Waals surface area contributed by atoms with E-state index in [0.29, 0.717) is 0 Å². The highest BCUT2D eigenvalue weighted by Crippen LogP contribution is 2.28. The summed E-state index contributed by atoms with van der Waals surface area (Å²) < 4.78 is 8.04. The van der Waals surface area contributed by atoms with E-state index < -0.39 is 0 Å². The minimum Gasteiger partial charge on any atom is -0.483 e. The summed E-state index contributed by atoms with van der Waals surface area (Å²) in [5.74, 6) is 1.80. The first kappa shape index (κ1) is 17.4. The first-order valence-electron chi connectivity index (χ1n) is 9.48. The molecule has 26 heavy (non-hydrogen) atoms. The average Bonchev–Trinajstić information content (AvgIpc) is 3.14. The van der Waals surface area contributed by atoms with Crippen LogP contribution in [0, 0.1) is 0 Å². The molecule has 1 saturated heterocycles. The van der Waals surface area contributed by atoms with Crippen molar-refractivity contribution in [3.05, 3.63) is 41.2 Å². The first-order valence-corrected chi connectivity index (χ1v) is 10.3. The topological polar surface area (TPSA) is 55.6 Å². The monoisotopic (exact) mass is 371 g/mol. The quantitative estimate of drug-likeness (QED) is 0.653. The van der Waals surface area contributed by atoms with Gasteiger partial charge in [-0.25, -0.2) is 0 Å². The maximum absolute atomic E-state index is 6.13. The molecule has 3 heterocycles. The van der Waals surface area contributed by atoms with Crippen molar-refractivity contribution in [2.75, 3.05) is 13.1 Å². The van der Waals surface area contributed by atoms with Crippen LogP contribution in [0.4, 0.5) is 0 Å². The van der Waals surface area contributed by atoms with E-state index in [9.17, 15) is 0 Å². The van der Waals surface area contributed by atoms with Gasteiger partial charge < -0.3 is 4.74 Å². The minimum atomic E-state index is -0.0601. The van der Waals surface area contributed by atoms with E-state index in [1.807, 2.05) is 34.8 Å². The second-order valence-corrected chi connectivity index (χ2v) is 7.76. The average molecular weight is 372 g/mol. The second kappa shape index (κ2) is 8.14. The Morgan fingerprint density at radius 2 is 1.85 bits per heavy atom. The zero-order chi connectivity index (χ0) is 17.8. The molecule has 1 fully saturated rings. The molecule has 0 saturated carbocycles. The van der Waals surface area contributed by atoms with Crippen LogP contribution in [0.3, 0.4) is 0 Å². The SMILES string of the molecule is CCC(Oc1ccccc1)c1nn2c(CN3CCCCCC3)nnc2s1. The van der Waals surface area contributed by atoms with Crippen molar-refractivity contribution in [1.82, 2.24) is 24.7 Å². The highest BCUT2D eigenvalue weighted by Gasteiger charge is 2.21. The zero-order valence-electron chi connectivity index (χ0n) is 15.2. The summed E-state index contributed by atoms with van der Waals surface area (Å²) in [5, 5.41) is 14.5. The largest absolute Gasteiger partial charge is 0.483 e. The number of ether oxygens (including phenoxy) is 1. The van der Waals surface area contributed by atoms with Gasteiger partial charge in [-0.15, -0.1) is 10.2 Å². The fraction of sp³-hybridized carbons (Fsp3) is 0.526. The highest BCUT2D eigenvalue weighted by molar-refractivity contribution is 7.16. The van der Waals surface area contributed by atoms with Crippen LogP contribution < -0.4 is 4.74 Å². The van der Waals surface area contributed by atoms with Gasteiger partial charge >= 0.3 is 0 Å². The van der Waals surface area contributed by atoms with Crippen molar-refractivity contribution in [3.63, 3.8) is 0 Å². The molecule has 0 N–H and O–H groups in total. The summed E-state index contributed by atoms with van der Waals surface area (Å²) >= 11 is 1.57. The number of benzene rings is 1. The smallest absolute Gasteiger partial charge is 0.234 e. The Kier molecular flexibility index (Phi) is 5.45. The van der Waals surface area contributed by atoms with Crippen molar-refractivity contribution < 1.29 is 4.74 Å². The molecule has 4 rings (SSSR count). The predicted octanol–water partition coefficient (Wildman–Crippen LogP) is 4.09. The van der Waals surface area contributed by atoms with Crippen molar-refractivity contribution in [2.45, 2.75) is 51.7 Å². The third-order valence-corrected chi connectivity index (χ3v) is 5.79. The molecule has 0 radical (unpaired) electrons. The summed E-state index contributed by atoms with van der Waals surface area (Å²) in [7, 11) is 0. The van der Waals surface area contributed by atoms with Gasteiger partial charge in [0.15, 0.2) is 16.9 Å². The molecular formula is C19H25N5OS. The van der Waals surface area contributed by atoms with Gasteiger partial charge in [-0.3, -0.25) is 4.90 Å². The number of likely N-dealkylation sites (tertiary alicyclic amines) is 1. The molecule has 0 aliphatic carbocycles. The number of aromatic nitrogens is 4. The number of rotatable bonds is 6. The van der Waals surface area contributed by atoms with E-state index in [-0.39, 0.29) is 6.10 Å². The molecule has 1 aromatic carbocycles. The Balaban J connectivity index is 1.52. The molecule has 1 atom stereocenters. The molecule has 7 heteroatoms. The van der Waals surface area contributed by atoms with E-state index >= 15 is 0 Å². The van der Waals surface area contributed by atoms with E-state index in [2.05, 4.69) is 22.0 Å². The number of hydrogen-bond donors (Lipinski definition) is 0. The lowest BCUT2D eigenvalue weighted by Crippen LogP contribution is -2.25. The van der Waals surface area contributed by atoms with Gasteiger partial charge in [-0.2, -0.15) is 9.61 Å². The van der Waals surface area contributed by atoms with E-state index in [0.717, 1.165) is 47.6 Å². The number of nitrogens with zero attached hydrogens (tertiary/aromatic N) is 5.